The van der Waals surface area contributed by atoms with E-state index in [0.717, 1.165) is 36.0 Å². The van der Waals surface area contributed by atoms with E-state index in [1.54, 1.807) is 0 Å². The predicted octanol–water partition coefficient (Wildman–Crippen LogP) is 1.66. The van der Waals surface area contributed by atoms with E-state index in [1.807, 2.05) is 28.9 Å². The highest BCUT2D eigenvalue weighted by Crippen LogP contribution is 2.34. The van der Waals surface area contributed by atoms with Gasteiger partial charge in [-0.15, -0.1) is 0 Å². The van der Waals surface area contributed by atoms with Gasteiger partial charge in [0.1, 0.15) is 0 Å². The summed E-state index contributed by atoms with van der Waals surface area (Å²) in [5.41, 5.74) is 7.32. The van der Waals surface area contributed by atoms with Gasteiger partial charge in [-0.05, 0) is 25.8 Å². The Morgan fingerprint density at radius 2 is 2.17 bits per heavy atom. The molecule has 1 aliphatic carbocycles. The number of nitrogens with two attached hydrogens (primary N) is 1. The van der Waals surface area contributed by atoms with Gasteiger partial charge in [0.25, 0.3) is 0 Å². The molecule has 0 atom stereocenters. The summed E-state index contributed by atoms with van der Waals surface area (Å²) in [4.78, 5) is 12.1. The molecule has 94 valence electrons. The zero-order valence-electron chi connectivity index (χ0n) is 10.5. The number of para-hydroxylation sites is 1. The number of hydrogen-bond acceptors (Lipinski definition) is 3. The number of nitrogens with zero attached hydrogens (tertiary/aromatic N) is 2. The highest BCUT2D eigenvalue weighted by Gasteiger charge is 2.45. The Kier molecular flexibility index (Phi) is 2.48. The third-order valence-electron chi connectivity index (χ3n) is 3.71. The molecule has 0 aliphatic heterocycles. The Labute approximate surface area is 106 Å². The van der Waals surface area contributed by atoms with Gasteiger partial charge in [0.05, 0.1) is 23.2 Å². The molecule has 0 radical (unpaired) electrons. The van der Waals surface area contributed by atoms with Crippen LogP contribution in [0.3, 0.4) is 0 Å². The van der Waals surface area contributed by atoms with E-state index in [9.17, 15) is 4.79 Å². The van der Waals surface area contributed by atoms with Gasteiger partial charge in [-0.25, -0.2) is 0 Å². The largest absolute Gasteiger partial charge is 0.319 e. The van der Waals surface area contributed by atoms with Gasteiger partial charge in [-0.3, -0.25) is 9.48 Å². The van der Waals surface area contributed by atoms with Gasteiger partial charge in [-0.2, -0.15) is 5.10 Å². The van der Waals surface area contributed by atoms with Gasteiger partial charge >= 0.3 is 0 Å². The molecule has 0 spiro atoms. The fourth-order valence-corrected chi connectivity index (χ4v) is 2.31. The molecular weight excluding hydrogens is 226 g/mol. The number of Topliss-reactive ketones (excluding diaryl/α,β-unsaturated/α-hetero) is 1. The molecule has 1 heterocycles. The van der Waals surface area contributed by atoms with Crippen LogP contribution < -0.4 is 5.73 Å². The summed E-state index contributed by atoms with van der Waals surface area (Å²) in [6.45, 7) is 2.86. The molecule has 0 amide bonds. The maximum absolute atomic E-state index is 12.1. The minimum atomic E-state index is -0.558. The summed E-state index contributed by atoms with van der Waals surface area (Å²) in [5.74, 6) is 0.119. The summed E-state index contributed by atoms with van der Waals surface area (Å²) in [6, 6.07) is 8.03. The second-order valence-electron chi connectivity index (χ2n) is 5.04. The van der Waals surface area contributed by atoms with Crippen LogP contribution in [0.1, 0.15) is 25.5 Å². The van der Waals surface area contributed by atoms with E-state index >= 15 is 0 Å². The maximum atomic E-state index is 12.1. The van der Waals surface area contributed by atoms with Crippen molar-refractivity contribution in [3.05, 3.63) is 30.0 Å². The topological polar surface area (TPSA) is 60.9 Å². The smallest absolute Gasteiger partial charge is 0.158 e. The minimum absolute atomic E-state index is 0.119. The molecule has 18 heavy (non-hydrogen) atoms. The number of benzene rings is 1. The third kappa shape index (κ3) is 1.73. The summed E-state index contributed by atoms with van der Waals surface area (Å²) in [5, 5.41) is 5.60. The Hall–Kier alpha value is -1.68. The molecule has 2 N–H and O–H groups in total. The molecular formula is C14H17N3O. The Balaban J connectivity index is 1.99. The van der Waals surface area contributed by atoms with Crippen molar-refractivity contribution in [1.82, 2.24) is 9.78 Å². The maximum Gasteiger partial charge on any atom is 0.158 e. The van der Waals surface area contributed by atoms with Crippen molar-refractivity contribution in [1.29, 1.82) is 0 Å². The molecule has 0 unspecified atom stereocenters. The number of ketones is 1. The lowest BCUT2D eigenvalue weighted by atomic mass is 10.0. The van der Waals surface area contributed by atoms with Gasteiger partial charge in [0, 0.05) is 11.9 Å². The van der Waals surface area contributed by atoms with E-state index in [0.29, 0.717) is 6.42 Å². The minimum Gasteiger partial charge on any atom is -0.319 e. The zero-order valence-corrected chi connectivity index (χ0v) is 10.5. The van der Waals surface area contributed by atoms with E-state index in [2.05, 4.69) is 12.0 Å². The van der Waals surface area contributed by atoms with Gasteiger partial charge in [0.2, 0.25) is 0 Å². The Bertz CT molecular complexity index is 611. The number of carbonyl (C=O) groups excluding carboxylic acids is 1. The Morgan fingerprint density at radius 3 is 2.83 bits per heavy atom. The predicted molar refractivity (Wildman–Crippen MR) is 70.3 cm³/mol. The number of aryl methyl sites for hydroxylation is 1. The SMILES string of the molecule is CCn1nc(CC(=O)C2(N)CC2)c2ccccc21. The van der Waals surface area contributed by atoms with Crippen LogP contribution in [0, 0.1) is 0 Å². The summed E-state index contributed by atoms with van der Waals surface area (Å²) >= 11 is 0. The number of carbonyl (C=O) groups is 1. The fraction of sp³-hybridized carbons (Fsp3) is 0.429. The van der Waals surface area contributed by atoms with Crippen LogP contribution in [0.15, 0.2) is 24.3 Å². The average Bonchev–Trinajstić information content (AvgIpc) is 3.04. The highest BCUT2D eigenvalue weighted by molar-refractivity contribution is 5.95. The van der Waals surface area contributed by atoms with Crippen LogP contribution in [0.25, 0.3) is 10.9 Å². The normalized spacial score (nSPS) is 17.0. The van der Waals surface area contributed by atoms with E-state index < -0.39 is 5.54 Å². The molecule has 1 saturated carbocycles. The molecule has 1 fully saturated rings. The molecule has 1 aromatic carbocycles. The first-order valence-corrected chi connectivity index (χ1v) is 6.40. The monoisotopic (exact) mass is 243 g/mol. The first kappa shape index (κ1) is 11.4. The molecule has 4 nitrogen and oxygen atoms in total. The second-order valence-corrected chi connectivity index (χ2v) is 5.04. The summed E-state index contributed by atoms with van der Waals surface area (Å²) < 4.78 is 1.94. The van der Waals surface area contributed by atoms with Crippen LogP contribution in [0.4, 0.5) is 0 Å². The van der Waals surface area contributed by atoms with E-state index in [-0.39, 0.29) is 5.78 Å². The van der Waals surface area contributed by atoms with Crippen molar-refractivity contribution in [3.8, 4) is 0 Å². The first-order valence-electron chi connectivity index (χ1n) is 6.40. The molecule has 1 aromatic heterocycles. The standard InChI is InChI=1S/C14H17N3O/c1-2-17-12-6-4-3-5-10(12)11(16-17)9-13(18)14(15)7-8-14/h3-6H,2,7-9,15H2,1H3. The van der Waals surface area contributed by atoms with E-state index in [4.69, 9.17) is 5.73 Å². The van der Waals surface area contributed by atoms with Crippen LogP contribution in [0.5, 0.6) is 0 Å². The van der Waals surface area contributed by atoms with Gasteiger partial charge in [-0.1, -0.05) is 18.2 Å². The average molecular weight is 243 g/mol. The molecule has 0 bridgehead atoms. The van der Waals surface area contributed by atoms with Crippen LogP contribution >= 0.6 is 0 Å². The van der Waals surface area contributed by atoms with E-state index in [1.165, 1.54) is 0 Å². The lowest BCUT2D eigenvalue weighted by Crippen LogP contribution is -2.34. The quantitative estimate of drug-likeness (QED) is 0.888. The van der Waals surface area contributed by atoms with Crippen molar-refractivity contribution in [2.45, 2.75) is 38.3 Å². The van der Waals surface area contributed by atoms with Crippen molar-refractivity contribution in [2.75, 3.05) is 0 Å². The van der Waals surface area contributed by atoms with Crippen molar-refractivity contribution in [2.24, 2.45) is 5.73 Å². The Morgan fingerprint density at radius 1 is 1.44 bits per heavy atom. The van der Waals surface area contributed by atoms with Gasteiger partial charge in [0.15, 0.2) is 5.78 Å². The lowest BCUT2D eigenvalue weighted by Gasteiger charge is -2.05. The molecule has 1 aliphatic rings. The first-order chi connectivity index (χ1) is 8.64. The van der Waals surface area contributed by atoms with Crippen molar-refractivity contribution in [3.63, 3.8) is 0 Å². The van der Waals surface area contributed by atoms with Gasteiger partial charge < -0.3 is 5.73 Å². The highest BCUT2D eigenvalue weighted by atomic mass is 16.1. The molecule has 2 aromatic rings. The summed E-state index contributed by atoms with van der Waals surface area (Å²) in [7, 11) is 0. The number of fused-ring (bicyclic) bond motifs is 1. The van der Waals surface area contributed by atoms with Crippen LogP contribution in [0.2, 0.25) is 0 Å². The van der Waals surface area contributed by atoms with Crippen LogP contribution in [-0.4, -0.2) is 21.1 Å². The molecule has 3 rings (SSSR count). The van der Waals surface area contributed by atoms with Crippen molar-refractivity contribution < 1.29 is 4.79 Å². The fourth-order valence-electron chi connectivity index (χ4n) is 2.31. The van der Waals surface area contributed by atoms with Crippen LogP contribution in [-0.2, 0) is 17.8 Å². The zero-order chi connectivity index (χ0) is 12.8. The number of hydrogen-bond donors (Lipinski definition) is 1. The van der Waals surface area contributed by atoms with Crippen molar-refractivity contribution >= 4 is 16.7 Å². The molecule has 0 saturated heterocycles. The number of rotatable bonds is 4. The summed E-state index contributed by atoms with van der Waals surface area (Å²) in [6.07, 6.45) is 1.99. The molecule has 4 heteroatoms. The number of aromatic nitrogens is 2. The second kappa shape index (κ2) is 3.92. The lowest BCUT2D eigenvalue weighted by molar-refractivity contribution is -0.120. The third-order valence-corrected chi connectivity index (χ3v) is 3.71.